The van der Waals surface area contributed by atoms with Crippen LogP contribution in [-0.4, -0.2) is 60.6 Å². The number of H-pyrrole nitrogens is 1. The van der Waals surface area contributed by atoms with E-state index < -0.39 is 32.6 Å². The standard InChI is InChI=1S/C27H27ClN4O5S2/c28-24-9-10-25(38-24)39(36,37)17-21(33)15-18-3-6-20(7-4-18)32-26(34)22-8-5-19(16-23(22)30-27(32)35)29-11-14-31-12-1-2-13-31/h3-10,16,29H,1-2,11-15,17H2,(H,30,35). The van der Waals surface area contributed by atoms with Crippen LogP contribution in [0.25, 0.3) is 16.6 Å². The molecule has 39 heavy (non-hydrogen) atoms. The molecule has 1 aliphatic rings. The molecule has 204 valence electrons. The van der Waals surface area contributed by atoms with Crippen molar-refractivity contribution < 1.29 is 13.2 Å². The van der Waals surface area contributed by atoms with Gasteiger partial charge < -0.3 is 15.2 Å². The number of halogens is 1. The lowest BCUT2D eigenvalue weighted by molar-refractivity contribution is -0.116. The van der Waals surface area contributed by atoms with Crippen molar-refractivity contribution >= 4 is 55.1 Å². The number of aromatic nitrogens is 2. The highest BCUT2D eigenvalue weighted by Crippen LogP contribution is 2.26. The molecule has 4 aromatic rings. The van der Waals surface area contributed by atoms with Gasteiger partial charge in [-0.25, -0.2) is 17.8 Å². The van der Waals surface area contributed by atoms with Gasteiger partial charge in [0.15, 0.2) is 15.6 Å². The van der Waals surface area contributed by atoms with E-state index in [-0.39, 0.29) is 10.6 Å². The Hall–Kier alpha value is -3.25. The molecule has 1 aliphatic heterocycles. The van der Waals surface area contributed by atoms with Gasteiger partial charge in [0.1, 0.15) is 9.96 Å². The zero-order chi connectivity index (χ0) is 27.6. The third kappa shape index (κ3) is 6.33. The van der Waals surface area contributed by atoms with E-state index in [1.807, 2.05) is 6.07 Å². The summed E-state index contributed by atoms with van der Waals surface area (Å²) in [4.78, 5) is 43.7. The number of anilines is 1. The SMILES string of the molecule is O=C(Cc1ccc(-n2c(=O)[nH]c3cc(NCCN4CCCC4)ccc3c2=O)cc1)CS(=O)(=O)c1ccc(Cl)s1. The van der Waals surface area contributed by atoms with Gasteiger partial charge >= 0.3 is 5.69 Å². The van der Waals surface area contributed by atoms with E-state index in [0.29, 0.717) is 26.5 Å². The van der Waals surface area contributed by atoms with Gasteiger partial charge in [0.25, 0.3) is 5.56 Å². The zero-order valence-corrected chi connectivity index (χ0v) is 23.4. The molecule has 2 aromatic carbocycles. The predicted molar refractivity (Wildman–Crippen MR) is 154 cm³/mol. The largest absolute Gasteiger partial charge is 0.384 e. The number of benzene rings is 2. The first-order valence-electron chi connectivity index (χ1n) is 12.5. The summed E-state index contributed by atoms with van der Waals surface area (Å²) >= 11 is 6.72. The molecule has 0 amide bonds. The fourth-order valence-corrected chi connectivity index (χ4v) is 7.53. The molecule has 0 unspecified atom stereocenters. The van der Waals surface area contributed by atoms with E-state index in [1.165, 1.54) is 25.0 Å². The van der Waals surface area contributed by atoms with E-state index in [1.54, 1.807) is 36.4 Å². The third-order valence-corrected chi connectivity index (χ3v) is 10.1. The summed E-state index contributed by atoms with van der Waals surface area (Å²) in [5, 5.41) is 3.72. The van der Waals surface area contributed by atoms with Crippen LogP contribution in [-0.2, 0) is 21.1 Å². The van der Waals surface area contributed by atoms with Gasteiger partial charge in [0.2, 0.25) is 0 Å². The van der Waals surface area contributed by atoms with Gasteiger partial charge in [-0.1, -0.05) is 23.7 Å². The Morgan fingerprint density at radius 2 is 1.77 bits per heavy atom. The average molecular weight is 587 g/mol. The van der Waals surface area contributed by atoms with Crippen LogP contribution in [0.4, 0.5) is 5.69 Å². The number of carbonyl (C=O) groups is 1. The Kier molecular flexibility index (Phi) is 8.03. The van der Waals surface area contributed by atoms with Gasteiger partial charge in [-0.2, -0.15) is 0 Å². The number of likely N-dealkylation sites (tertiary alicyclic amines) is 1. The van der Waals surface area contributed by atoms with E-state index in [2.05, 4.69) is 15.2 Å². The second kappa shape index (κ2) is 11.5. The second-order valence-corrected chi connectivity index (χ2v) is 13.4. The first-order chi connectivity index (χ1) is 18.7. The minimum atomic E-state index is -3.77. The molecule has 0 bridgehead atoms. The quantitative estimate of drug-likeness (QED) is 0.292. The number of Topliss-reactive ketones (excluding diaryl/α,β-unsaturated/α-hetero) is 1. The van der Waals surface area contributed by atoms with Crippen molar-refractivity contribution in [3.05, 3.63) is 85.3 Å². The van der Waals surface area contributed by atoms with Crippen molar-refractivity contribution in [2.24, 2.45) is 0 Å². The number of carbonyl (C=O) groups excluding carboxylic acids is 1. The number of thiophene rings is 1. The number of rotatable bonds is 10. The Balaban J connectivity index is 1.28. The molecule has 0 radical (unpaired) electrons. The van der Waals surface area contributed by atoms with Crippen LogP contribution < -0.4 is 16.6 Å². The van der Waals surface area contributed by atoms with E-state index in [0.717, 1.165) is 47.8 Å². The van der Waals surface area contributed by atoms with Crippen molar-refractivity contribution in [1.29, 1.82) is 0 Å². The molecule has 2 aromatic heterocycles. The van der Waals surface area contributed by atoms with Gasteiger partial charge in [-0.3, -0.25) is 9.59 Å². The molecular formula is C27H27ClN4O5S2. The Morgan fingerprint density at radius 1 is 1.03 bits per heavy atom. The molecule has 12 heteroatoms. The van der Waals surface area contributed by atoms with Crippen LogP contribution in [0.1, 0.15) is 18.4 Å². The molecule has 9 nitrogen and oxygen atoms in total. The maximum Gasteiger partial charge on any atom is 0.333 e. The fourth-order valence-electron chi connectivity index (χ4n) is 4.72. The zero-order valence-electron chi connectivity index (χ0n) is 21.0. The minimum absolute atomic E-state index is 0.0519. The highest BCUT2D eigenvalue weighted by atomic mass is 35.5. The van der Waals surface area contributed by atoms with Crippen molar-refractivity contribution in [2.75, 3.05) is 37.2 Å². The molecule has 0 saturated carbocycles. The molecule has 1 fully saturated rings. The molecule has 0 spiro atoms. The number of aromatic amines is 1. The fraction of sp³-hybridized carbons (Fsp3) is 0.296. The normalized spacial score (nSPS) is 14.2. The summed E-state index contributed by atoms with van der Waals surface area (Å²) in [6.45, 7) is 3.96. The van der Waals surface area contributed by atoms with E-state index in [4.69, 9.17) is 11.6 Å². The lowest BCUT2D eigenvalue weighted by atomic mass is 10.1. The van der Waals surface area contributed by atoms with Crippen LogP contribution in [0.15, 0.2) is 68.4 Å². The Labute approximate surface area is 234 Å². The summed E-state index contributed by atoms with van der Waals surface area (Å²) in [7, 11) is -3.77. The maximum atomic E-state index is 13.2. The first-order valence-corrected chi connectivity index (χ1v) is 15.4. The lowest BCUT2D eigenvalue weighted by Crippen LogP contribution is -2.33. The average Bonchev–Trinajstić information content (AvgIpc) is 3.57. The molecular weight excluding hydrogens is 560 g/mol. The number of fused-ring (bicyclic) bond motifs is 1. The summed E-state index contributed by atoms with van der Waals surface area (Å²) in [6, 6.07) is 14.5. The smallest absolute Gasteiger partial charge is 0.333 e. The minimum Gasteiger partial charge on any atom is -0.384 e. The third-order valence-electron chi connectivity index (χ3n) is 6.66. The van der Waals surface area contributed by atoms with Crippen molar-refractivity contribution in [3.63, 3.8) is 0 Å². The lowest BCUT2D eigenvalue weighted by Gasteiger charge is -2.15. The van der Waals surface area contributed by atoms with Gasteiger partial charge in [0, 0.05) is 25.2 Å². The second-order valence-electron chi connectivity index (χ2n) is 9.51. The number of hydrogen-bond donors (Lipinski definition) is 2. The molecule has 5 rings (SSSR count). The Bertz CT molecular complexity index is 1740. The molecule has 0 atom stereocenters. The van der Waals surface area contributed by atoms with Gasteiger partial charge in [0.05, 0.1) is 20.9 Å². The molecule has 3 heterocycles. The van der Waals surface area contributed by atoms with Crippen LogP contribution in [0.2, 0.25) is 4.34 Å². The van der Waals surface area contributed by atoms with Gasteiger partial charge in [-0.05, 0) is 74.0 Å². The molecule has 1 saturated heterocycles. The number of hydrogen-bond acceptors (Lipinski definition) is 8. The van der Waals surface area contributed by atoms with E-state index in [9.17, 15) is 22.8 Å². The predicted octanol–water partition coefficient (Wildman–Crippen LogP) is 3.49. The van der Waals surface area contributed by atoms with Crippen molar-refractivity contribution in [2.45, 2.75) is 23.5 Å². The van der Waals surface area contributed by atoms with Crippen molar-refractivity contribution in [1.82, 2.24) is 14.5 Å². The van der Waals surface area contributed by atoms with Crippen LogP contribution >= 0.6 is 22.9 Å². The maximum absolute atomic E-state index is 13.2. The van der Waals surface area contributed by atoms with Gasteiger partial charge in [-0.15, -0.1) is 11.3 Å². The molecule has 0 aliphatic carbocycles. The number of sulfone groups is 1. The topological polar surface area (TPSA) is 121 Å². The number of nitrogens with one attached hydrogen (secondary N) is 2. The number of nitrogens with zero attached hydrogens (tertiary/aromatic N) is 2. The monoisotopic (exact) mass is 586 g/mol. The Morgan fingerprint density at radius 3 is 2.46 bits per heavy atom. The number of ketones is 1. The van der Waals surface area contributed by atoms with Crippen molar-refractivity contribution in [3.8, 4) is 5.69 Å². The summed E-state index contributed by atoms with van der Waals surface area (Å²) < 4.78 is 26.3. The first kappa shape index (κ1) is 27.3. The van der Waals surface area contributed by atoms with Crippen LogP contribution in [0.3, 0.4) is 0 Å². The van der Waals surface area contributed by atoms with Crippen LogP contribution in [0.5, 0.6) is 0 Å². The summed E-state index contributed by atoms with van der Waals surface area (Å²) in [5.74, 6) is -1.11. The molecule has 2 N–H and O–H groups in total. The van der Waals surface area contributed by atoms with E-state index >= 15 is 0 Å². The van der Waals surface area contributed by atoms with Crippen LogP contribution in [0, 0.1) is 0 Å². The highest BCUT2D eigenvalue weighted by molar-refractivity contribution is 7.94. The highest BCUT2D eigenvalue weighted by Gasteiger charge is 2.21. The summed E-state index contributed by atoms with van der Waals surface area (Å²) in [5.41, 5.74) is 1.15. The summed E-state index contributed by atoms with van der Waals surface area (Å²) in [6.07, 6.45) is 2.37.